The Morgan fingerprint density at radius 3 is 1.21 bits per heavy atom. The summed E-state index contributed by atoms with van der Waals surface area (Å²) in [6.07, 6.45) is 0. The van der Waals surface area contributed by atoms with Crippen LogP contribution in [0.3, 0.4) is 0 Å². The molecule has 0 N–H and O–H groups in total. The summed E-state index contributed by atoms with van der Waals surface area (Å²) in [6.45, 7) is 13.7. The van der Waals surface area contributed by atoms with Gasteiger partial charge in [0.25, 0.3) is 6.71 Å². The lowest BCUT2D eigenvalue weighted by Crippen LogP contribution is -2.61. The van der Waals surface area contributed by atoms with Gasteiger partial charge >= 0.3 is 0 Å². The third kappa shape index (κ3) is 10.5. The summed E-state index contributed by atoms with van der Waals surface area (Å²) in [7, 11) is 0. The first-order valence-electron chi connectivity index (χ1n) is 36.1. The van der Waals surface area contributed by atoms with E-state index < -0.39 is 0 Å². The molecule has 0 bridgehead atoms. The van der Waals surface area contributed by atoms with E-state index in [1.165, 1.54) is 114 Å². The minimum Gasteiger partial charge on any atom is -0.311 e. The minimum absolute atomic E-state index is 0.0408. The summed E-state index contributed by atoms with van der Waals surface area (Å²) in [4.78, 5) is 5.40. The van der Waals surface area contributed by atoms with Gasteiger partial charge in [0.15, 0.2) is 0 Å². The zero-order chi connectivity index (χ0) is 69.2. The fourth-order valence-corrected chi connectivity index (χ4v) is 17.6. The first kappa shape index (κ1) is 62.0. The Bertz CT molecular complexity index is 6010. The van der Waals surface area contributed by atoms with Crippen LogP contribution in [0.1, 0.15) is 52.7 Å². The molecule has 4 heterocycles. The van der Waals surface area contributed by atoms with Crippen LogP contribution < -0.4 is 26.2 Å². The van der Waals surface area contributed by atoms with Crippen molar-refractivity contribution in [2.45, 2.75) is 52.4 Å². The van der Waals surface area contributed by atoms with Crippen molar-refractivity contribution in [3.63, 3.8) is 0 Å². The predicted molar refractivity (Wildman–Crippen MR) is 443 cm³/mol. The number of anilines is 6. The maximum Gasteiger partial charge on any atom is 0.252 e. The van der Waals surface area contributed by atoms with Crippen molar-refractivity contribution < 1.29 is 0 Å². The second kappa shape index (κ2) is 24.4. The summed E-state index contributed by atoms with van der Waals surface area (Å²) < 4.78 is 5.06. The normalized spacial score (nSPS) is 12.7. The van der Waals surface area contributed by atoms with Crippen LogP contribution in [0.5, 0.6) is 0 Å². The SMILES string of the molecule is CC(C)(C)c1ccc(-c2cc3c4c(c2)N(c2cc(-c5ccccc5)cc5sc6ccccc6c25)c2ccc(-c5ccccc5)cc2B4c2cc(-n4c5ccc(-c6ccccc6)cc5c5cc(-c6ccccc6)ccc54)ccc2N3c2c(-c3ccccc3)cc(C(C)(C)C)cc2-c2ccccc2)cc1. The Morgan fingerprint density at radius 1 is 0.272 bits per heavy atom. The molecule has 0 atom stereocenters. The maximum absolute atomic E-state index is 2.71. The highest BCUT2D eigenvalue weighted by atomic mass is 32.1. The van der Waals surface area contributed by atoms with Gasteiger partial charge in [0.05, 0.1) is 22.4 Å². The summed E-state index contributed by atoms with van der Waals surface area (Å²) in [5, 5.41) is 4.91. The van der Waals surface area contributed by atoms with Crippen molar-refractivity contribution in [3.05, 3.63) is 351 Å². The zero-order valence-electron chi connectivity index (χ0n) is 58.7. The molecule has 17 aromatic rings. The lowest BCUT2D eigenvalue weighted by atomic mass is 9.33. The fraction of sp³-hybridized carbons (Fsp3) is 0.0816. The highest BCUT2D eigenvalue weighted by Crippen LogP contribution is 2.55. The molecule has 19 rings (SSSR count). The van der Waals surface area contributed by atoms with Crippen LogP contribution in [0.2, 0.25) is 0 Å². The van der Waals surface area contributed by atoms with Crippen molar-refractivity contribution in [1.29, 1.82) is 0 Å². The van der Waals surface area contributed by atoms with E-state index in [0.717, 1.165) is 73.1 Å². The summed E-state index contributed by atoms with van der Waals surface area (Å²) in [6, 6.07) is 129. The molecule has 2 aliphatic heterocycles. The molecule has 0 radical (unpaired) electrons. The lowest BCUT2D eigenvalue weighted by Gasteiger charge is -2.46. The van der Waals surface area contributed by atoms with Gasteiger partial charge in [0.1, 0.15) is 0 Å². The Kier molecular flexibility index (Phi) is 14.7. The molecule has 0 unspecified atom stereocenters. The second-order valence-electron chi connectivity index (χ2n) is 30.0. The molecule has 15 aromatic carbocycles. The zero-order valence-corrected chi connectivity index (χ0v) is 59.5. The average Bonchev–Trinajstić information content (AvgIpc) is 1.29. The molecule has 3 nitrogen and oxygen atoms in total. The number of thiophene rings is 1. The quantitative estimate of drug-likeness (QED) is 0.126. The van der Waals surface area contributed by atoms with Gasteiger partial charge in [0.2, 0.25) is 0 Å². The van der Waals surface area contributed by atoms with Crippen molar-refractivity contribution in [2.24, 2.45) is 0 Å². The van der Waals surface area contributed by atoms with Gasteiger partial charge in [-0.3, -0.25) is 0 Å². The first-order valence-corrected chi connectivity index (χ1v) is 36.9. The summed E-state index contributed by atoms with van der Waals surface area (Å²) in [5.41, 5.74) is 32.7. The van der Waals surface area contributed by atoms with Crippen LogP contribution in [-0.4, -0.2) is 11.3 Å². The van der Waals surface area contributed by atoms with E-state index in [0.29, 0.717) is 0 Å². The van der Waals surface area contributed by atoms with Crippen molar-refractivity contribution in [1.82, 2.24) is 4.57 Å². The van der Waals surface area contributed by atoms with Crippen molar-refractivity contribution >= 4 is 111 Å². The maximum atomic E-state index is 2.71. The molecule has 490 valence electrons. The predicted octanol–water partition coefficient (Wildman–Crippen LogP) is 25.5. The van der Waals surface area contributed by atoms with E-state index in [1.807, 2.05) is 11.3 Å². The molecule has 2 aliphatic rings. The van der Waals surface area contributed by atoms with Gasteiger partial charge in [-0.05, 0) is 196 Å². The molecule has 5 heteroatoms. The first-order chi connectivity index (χ1) is 50.3. The highest BCUT2D eigenvalue weighted by Gasteiger charge is 2.46. The van der Waals surface area contributed by atoms with Gasteiger partial charge in [-0.25, -0.2) is 0 Å². The fourth-order valence-electron chi connectivity index (χ4n) is 16.5. The molecule has 0 saturated carbocycles. The summed E-state index contributed by atoms with van der Waals surface area (Å²) >= 11 is 1.89. The Hall–Kier alpha value is -12.0. The molecule has 2 aromatic heterocycles. The average molecular weight is 1340 g/mol. The van der Waals surface area contributed by atoms with Crippen LogP contribution in [-0.2, 0) is 10.8 Å². The Labute approximate surface area is 607 Å². The monoisotopic (exact) mass is 1340 g/mol. The van der Waals surface area contributed by atoms with Crippen LogP contribution in [0.25, 0.3) is 126 Å². The molecule has 0 saturated heterocycles. The molecule has 103 heavy (non-hydrogen) atoms. The van der Waals surface area contributed by atoms with Crippen molar-refractivity contribution in [3.8, 4) is 83.6 Å². The molecular weight excluding hydrogens is 1260 g/mol. The van der Waals surface area contributed by atoms with Crippen molar-refractivity contribution in [2.75, 3.05) is 9.80 Å². The van der Waals surface area contributed by atoms with E-state index in [1.54, 1.807) is 0 Å². The Morgan fingerprint density at radius 2 is 0.680 bits per heavy atom. The standard InChI is InChI=1S/C98H74BN3S/c1-97(2,3)75-46-41-67(42-47-75)73-57-90-95-91(58-73)102(96-79(68-35-21-11-22-36-68)60-76(98(4,5)6)61-80(96)69-37-23-12-24-38-69)88-52-48-77(100-85-49-43-70(63-27-13-7-14-28-63)53-81(85)82-54-71(44-50-86(82)100)64-29-15-8-16-30-64)62-84(88)99(95)83-55-72(65-31-17-9-18-32-65)45-51-87(83)101(90)89-56-74(66-33-19-10-20-34-66)59-93-94(89)78-39-25-26-40-92(78)103-93/h7-62H,1-6H3. The van der Waals surface area contributed by atoms with Gasteiger partial charge in [0, 0.05) is 70.5 Å². The van der Waals surface area contributed by atoms with E-state index in [4.69, 9.17) is 0 Å². The smallest absolute Gasteiger partial charge is 0.252 e. The number of nitrogens with zero attached hydrogens (tertiary/aromatic N) is 3. The number of benzene rings is 15. The summed E-state index contributed by atoms with van der Waals surface area (Å²) in [5.74, 6) is 0. The highest BCUT2D eigenvalue weighted by molar-refractivity contribution is 7.26. The lowest BCUT2D eigenvalue weighted by molar-refractivity contribution is 0.590. The number of rotatable bonds is 10. The van der Waals surface area contributed by atoms with E-state index >= 15 is 0 Å². The minimum atomic E-state index is -0.271. The third-order valence-corrected chi connectivity index (χ3v) is 22.8. The van der Waals surface area contributed by atoms with E-state index in [2.05, 4.69) is 396 Å². The molecular formula is C98H74BN3S. The van der Waals surface area contributed by atoms with Gasteiger partial charge < -0.3 is 14.4 Å². The topological polar surface area (TPSA) is 11.4 Å². The Balaban J connectivity index is 0.981. The van der Waals surface area contributed by atoms with E-state index in [-0.39, 0.29) is 17.5 Å². The van der Waals surface area contributed by atoms with Gasteiger partial charge in [-0.1, -0.05) is 290 Å². The number of aromatic nitrogens is 1. The van der Waals surface area contributed by atoms with Crippen LogP contribution >= 0.6 is 11.3 Å². The number of hydrogen-bond donors (Lipinski definition) is 0. The second-order valence-corrected chi connectivity index (χ2v) is 31.1. The van der Waals surface area contributed by atoms with Crippen LogP contribution in [0.4, 0.5) is 34.1 Å². The number of fused-ring (bicyclic) bond motifs is 10. The molecule has 0 fully saturated rings. The van der Waals surface area contributed by atoms with E-state index in [9.17, 15) is 0 Å². The van der Waals surface area contributed by atoms with Crippen LogP contribution in [0.15, 0.2) is 340 Å². The number of hydrogen-bond acceptors (Lipinski definition) is 3. The van der Waals surface area contributed by atoms with Gasteiger partial charge in [-0.2, -0.15) is 0 Å². The van der Waals surface area contributed by atoms with Crippen LogP contribution in [0, 0.1) is 0 Å². The largest absolute Gasteiger partial charge is 0.311 e. The molecule has 0 aliphatic carbocycles. The van der Waals surface area contributed by atoms with Gasteiger partial charge in [-0.15, -0.1) is 11.3 Å². The molecule has 0 spiro atoms. The molecule has 0 amide bonds. The third-order valence-electron chi connectivity index (χ3n) is 21.7.